The Morgan fingerprint density at radius 1 is 0.846 bits per heavy atom. The lowest BCUT2D eigenvalue weighted by Gasteiger charge is -2.15. The number of nitrogens with zero attached hydrogens (tertiary/aromatic N) is 1. The van der Waals surface area contributed by atoms with E-state index in [0.29, 0.717) is 47.5 Å². The number of carbonyl (C=O) groups is 1. The van der Waals surface area contributed by atoms with E-state index in [9.17, 15) is 4.79 Å². The van der Waals surface area contributed by atoms with E-state index in [0.717, 1.165) is 36.9 Å². The molecule has 1 aliphatic rings. The molecule has 0 atom stereocenters. The van der Waals surface area contributed by atoms with Crippen molar-refractivity contribution in [1.82, 2.24) is 4.98 Å². The van der Waals surface area contributed by atoms with Gasteiger partial charge in [-0.15, -0.1) is 0 Å². The Labute approximate surface area is 232 Å². The van der Waals surface area contributed by atoms with E-state index >= 15 is 0 Å². The quantitative estimate of drug-likeness (QED) is 0.113. The molecule has 0 radical (unpaired) electrons. The maximum Gasteiger partial charge on any atom is 0.338 e. The molecule has 0 spiro atoms. The normalized spacial score (nSPS) is 12.2. The third-order valence-corrected chi connectivity index (χ3v) is 7.11. The van der Waals surface area contributed by atoms with E-state index in [1.165, 1.54) is 0 Å². The first-order valence-electron chi connectivity index (χ1n) is 12.3. The van der Waals surface area contributed by atoms with Crippen LogP contribution in [0.15, 0.2) is 65.1 Å². The largest absolute Gasteiger partial charge is 0.493 e. The molecule has 0 unspecified atom stereocenters. The number of ether oxygens (including phenoxy) is 6. The smallest absolute Gasteiger partial charge is 0.338 e. The summed E-state index contributed by atoms with van der Waals surface area (Å²) in [4.78, 5) is 17.3. The number of methoxy groups -OCH3 is 2. The topological polar surface area (TPSA) is 85.3 Å². The number of carbonyl (C=O) groups excluding carboxylic acids is 1. The molecule has 0 saturated carbocycles. The van der Waals surface area contributed by atoms with Crippen molar-refractivity contribution in [2.75, 3.05) is 34.2 Å². The predicted octanol–water partition coefficient (Wildman–Crippen LogP) is 6.68. The van der Waals surface area contributed by atoms with Gasteiger partial charge in [0.2, 0.25) is 12.7 Å². The Kier molecular flexibility index (Phi) is 6.74. The van der Waals surface area contributed by atoms with Crippen molar-refractivity contribution in [3.05, 3.63) is 70.7 Å². The Morgan fingerprint density at radius 3 is 2.31 bits per heavy atom. The summed E-state index contributed by atoms with van der Waals surface area (Å²) < 4.78 is 34.8. The Bertz CT molecular complexity index is 1720. The molecule has 39 heavy (non-hydrogen) atoms. The molecule has 0 bridgehead atoms. The van der Waals surface area contributed by atoms with Crippen molar-refractivity contribution in [3.8, 4) is 28.9 Å². The number of pyridine rings is 1. The molecule has 0 N–H and O–H groups in total. The van der Waals surface area contributed by atoms with Crippen LogP contribution in [0.5, 0.6) is 28.9 Å². The van der Waals surface area contributed by atoms with E-state index in [1.807, 2.05) is 36.4 Å². The number of halogens is 1. The molecule has 5 aromatic rings. The summed E-state index contributed by atoms with van der Waals surface area (Å²) in [6, 6.07) is 18.8. The van der Waals surface area contributed by atoms with E-state index < -0.39 is 0 Å². The van der Waals surface area contributed by atoms with E-state index in [-0.39, 0.29) is 19.4 Å². The zero-order valence-electron chi connectivity index (χ0n) is 21.3. The third kappa shape index (κ3) is 4.74. The molecule has 0 fully saturated rings. The number of esters is 1. The molecule has 6 rings (SSSR count). The van der Waals surface area contributed by atoms with Gasteiger partial charge in [0.1, 0.15) is 0 Å². The van der Waals surface area contributed by atoms with Crippen LogP contribution in [0.2, 0.25) is 0 Å². The first-order valence-corrected chi connectivity index (χ1v) is 13.1. The monoisotopic (exact) mass is 589 g/mol. The third-order valence-electron chi connectivity index (χ3n) is 6.58. The molecule has 0 aliphatic carbocycles. The maximum atomic E-state index is 12.3. The lowest BCUT2D eigenvalue weighted by atomic mass is 10.0. The van der Waals surface area contributed by atoms with Gasteiger partial charge in [0.25, 0.3) is 0 Å². The fraction of sp³-hybridized carbons (Fsp3) is 0.200. The van der Waals surface area contributed by atoms with Crippen LogP contribution in [0.3, 0.4) is 0 Å². The number of fused-ring (bicyclic) bond motifs is 6. The minimum absolute atomic E-state index is 0.192. The highest BCUT2D eigenvalue weighted by atomic mass is 79.9. The highest BCUT2D eigenvalue weighted by Crippen LogP contribution is 2.43. The average molecular weight is 590 g/mol. The van der Waals surface area contributed by atoms with Gasteiger partial charge in [0.15, 0.2) is 23.0 Å². The fourth-order valence-electron chi connectivity index (χ4n) is 4.65. The molecule has 1 aromatic heterocycles. The van der Waals surface area contributed by atoms with Crippen molar-refractivity contribution in [2.24, 2.45) is 0 Å². The van der Waals surface area contributed by atoms with Crippen LogP contribution in [0.1, 0.15) is 16.8 Å². The van der Waals surface area contributed by atoms with Gasteiger partial charge >= 0.3 is 5.97 Å². The molecule has 8 nitrogen and oxygen atoms in total. The summed E-state index contributed by atoms with van der Waals surface area (Å²) in [6.45, 7) is 0.703. The second kappa shape index (κ2) is 10.5. The van der Waals surface area contributed by atoms with Gasteiger partial charge in [0.05, 0.1) is 38.5 Å². The predicted molar refractivity (Wildman–Crippen MR) is 151 cm³/mol. The minimum Gasteiger partial charge on any atom is -0.493 e. The summed E-state index contributed by atoms with van der Waals surface area (Å²) >= 11 is 3.36. The van der Waals surface area contributed by atoms with Gasteiger partial charge in [-0.2, -0.15) is 0 Å². The Balaban J connectivity index is 1.33. The van der Waals surface area contributed by atoms with E-state index in [4.69, 9.17) is 33.4 Å². The molecule has 198 valence electrons. The van der Waals surface area contributed by atoms with E-state index in [2.05, 4.69) is 15.9 Å². The SMILES string of the molecule is COc1cc2c(OCCCOC(=O)c3ccc(Br)cc3)nc3c4cc5c(cc4ccc3c2cc1OC)OCO5. The minimum atomic E-state index is -0.376. The molecule has 1 aliphatic heterocycles. The van der Waals surface area contributed by atoms with Gasteiger partial charge in [-0.3, -0.25) is 0 Å². The second-order valence-electron chi connectivity index (χ2n) is 8.90. The number of rotatable bonds is 8. The number of hydrogen-bond donors (Lipinski definition) is 0. The molecule has 2 heterocycles. The van der Waals surface area contributed by atoms with Gasteiger partial charge in [-0.25, -0.2) is 9.78 Å². The standard InChI is InChI=1S/C30H24BrNO7/c1-34-24-14-22-20-9-6-18-12-26-27(39-16-38-26)13-21(18)28(20)32-29(23(22)15-25(24)35-2)36-10-3-11-37-30(33)17-4-7-19(31)8-5-17/h4-9,12-15H,3,10-11,16H2,1-2H3. The van der Waals surface area contributed by atoms with E-state index in [1.54, 1.807) is 38.5 Å². The average Bonchev–Trinajstić information content (AvgIpc) is 3.42. The fourth-order valence-corrected chi connectivity index (χ4v) is 4.91. The van der Waals surface area contributed by atoms with Crippen LogP contribution in [-0.4, -0.2) is 45.2 Å². The molecule has 0 amide bonds. The lowest BCUT2D eigenvalue weighted by molar-refractivity contribution is 0.0485. The van der Waals surface area contributed by atoms with Crippen LogP contribution in [0.4, 0.5) is 0 Å². The van der Waals surface area contributed by atoms with Crippen molar-refractivity contribution in [2.45, 2.75) is 6.42 Å². The molecular formula is C30H24BrNO7. The molecular weight excluding hydrogens is 566 g/mol. The molecule has 4 aromatic carbocycles. The summed E-state index contributed by atoms with van der Waals surface area (Å²) in [6.07, 6.45) is 0.491. The second-order valence-corrected chi connectivity index (χ2v) is 9.82. The first-order chi connectivity index (χ1) is 19.1. The van der Waals surface area contributed by atoms with Gasteiger partial charge in [0, 0.05) is 32.4 Å². The number of aromatic nitrogens is 1. The Morgan fingerprint density at radius 2 is 1.56 bits per heavy atom. The highest BCUT2D eigenvalue weighted by molar-refractivity contribution is 9.10. The van der Waals surface area contributed by atoms with Gasteiger partial charge in [-0.1, -0.05) is 28.1 Å². The summed E-state index contributed by atoms with van der Waals surface area (Å²) in [5.41, 5.74) is 1.26. The van der Waals surface area contributed by atoms with Crippen LogP contribution < -0.4 is 23.7 Å². The summed E-state index contributed by atoms with van der Waals surface area (Å²) in [5, 5.41) is 4.53. The molecule has 0 saturated heterocycles. The summed E-state index contributed by atoms with van der Waals surface area (Å²) in [7, 11) is 3.20. The van der Waals surface area contributed by atoms with Gasteiger partial charge in [-0.05, 0) is 53.9 Å². The van der Waals surface area contributed by atoms with Crippen molar-refractivity contribution in [1.29, 1.82) is 0 Å². The maximum absolute atomic E-state index is 12.3. The van der Waals surface area contributed by atoms with Gasteiger partial charge < -0.3 is 28.4 Å². The van der Waals surface area contributed by atoms with Crippen molar-refractivity contribution >= 4 is 54.3 Å². The number of hydrogen-bond acceptors (Lipinski definition) is 8. The van der Waals surface area contributed by atoms with Crippen molar-refractivity contribution < 1.29 is 33.2 Å². The zero-order valence-corrected chi connectivity index (χ0v) is 22.9. The van der Waals surface area contributed by atoms with Crippen LogP contribution in [0, 0.1) is 0 Å². The van der Waals surface area contributed by atoms with Crippen LogP contribution in [-0.2, 0) is 4.74 Å². The Hall–Kier alpha value is -4.24. The summed E-state index contributed by atoms with van der Waals surface area (Å²) in [5.74, 6) is 2.64. The van der Waals surface area contributed by atoms with Crippen LogP contribution >= 0.6 is 15.9 Å². The number of benzene rings is 4. The zero-order chi connectivity index (χ0) is 26.9. The van der Waals surface area contributed by atoms with Crippen LogP contribution in [0.25, 0.3) is 32.4 Å². The molecule has 9 heteroatoms. The lowest BCUT2D eigenvalue weighted by Crippen LogP contribution is -2.09. The van der Waals surface area contributed by atoms with Crippen molar-refractivity contribution in [3.63, 3.8) is 0 Å². The first kappa shape index (κ1) is 25.1. The highest BCUT2D eigenvalue weighted by Gasteiger charge is 2.19.